The highest BCUT2D eigenvalue weighted by Gasteiger charge is 2.55. The molecule has 42 heavy (non-hydrogen) atoms. The zero-order valence-electron chi connectivity index (χ0n) is 25.2. The second-order valence-electron chi connectivity index (χ2n) is 13.4. The topological polar surface area (TPSA) is 99.1 Å². The van der Waals surface area contributed by atoms with E-state index in [1.54, 1.807) is 18.6 Å². The van der Waals surface area contributed by atoms with Gasteiger partial charge in [0.25, 0.3) is 0 Å². The maximum Gasteiger partial charge on any atom is 0.229 e. The van der Waals surface area contributed by atoms with Crippen LogP contribution >= 0.6 is 0 Å². The van der Waals surface area contributed by atoms with E-state index < -0.39 is 9.73 Å². The number of pyridine rings is 1. The van der Waals surface area contributed by atoms with Crippen LogP contribution in [0.1, 0.15) is 39.2 Å². The van der Waals surface area contributed by atoms with Crippen molar-refractivity contribution in [2.75, 3.05) is 54.4 Å². The van der Waals surface area contributed by atoms with Crippen LogP contribution < -0.4 is 15.1 Å². The monoisotopic (exact) mass is 588 g/mol. The van der Waals surface area contributed by atoms with Crippen molar-refractivity contribution in [3.63, 3.8) is 0 Å². The van der Waals surface area contributed by atoms with Crippen molar-refractivity contribution in [2.45, 2.75) is 62.8 Å². The molecule has 0 aliphatic carbocycles. The Morgan fingerprint density at radius 3 is 2.52 bits per heavy atom. The maximum absolute atomic E-state index is 12.4. The fraction of sp³-hybridized carbons (Fsp3) is 0.516. The molecule has 3 aromatic rings. The van der Waals surface area contributed by atoms with E-state index in [-0.39, 0.29) is 17.1 Å². The number of ether oxygens (including phenoxy) is 1. The summed E-state index contributed by atoms with van der Waals surface area (Å²) in [5.41, 5.74) is 2.63. The first kappa shape index (κ1) is 27.5. The molecule has 3 saturated heterocycles. The van der Waals surface area contributed by atoms with E-state index in [4.69, 9.17) is 19.7 Å². The molecule has 1 aromatic carbocycles. The predicted octanol–water partition coefficient (Wildman–Crippen LogP) is 4.84. The summed E-state index contributed by atoms with van der Waals surface area (Å²) >= 11 is 0. The SMILES string of the molecule is CN1C[C@@H]2C[C@@H]1CN2c1ccc(Nc2ncc3c(n2)N(c2cccc(N=S(C)(C)=O)n2)[C@@H]2CC(C)(C)OC[C@]32C)cc1. The molecule has 0 saturated carbocycles. The molecular formula is C31H40N8O2S. The lowest BCUT2D eigenvalue weighted by atomic mass is 9.73. The van der Waals surface area contributed by atoms with Gasteiger partial charge in [0.1, 0.15) is 11.6 Å². The van der Waals surface area contributed by atoms with Crippen molar-refractivity contribution in [3.05, 3.63) is 54.2 Å². The fourth-order valence-corrected chi connectivity index (χ4v) is 7.68. The summed E-state index contributed by atoms with van der Waals surface area (Å²) in [6, 6.07) is 15.6. The molecule has 3 fully saturated rings. The van der Waals surface area contributed by atoms with E-state index in [0.29, 0.717) is 30.5 Å². The van der Waals surface area contributed by atoms with Crippen molar-refractivity contribution in [3.8, 4) is 0 Å². The van der Waals surface area contributed by atoms with Gasteiger partial charge in [0.2, 0.25) is 5.95 Å². The van der Waals surface area contributed by atoms with E-state index in [9.17, 15) is 4.21 Å². The van der Waals surface area contributed by atoms with E-state index >= 15 is 0 Å². The van der Waals surface area contributed by atoms with E-state index in [0.717, 1.165) is 42.4 Å². The summed E-state index contributed by atoms with van der Waals surface area (Å²) < 4.78 is 23.1. The van der Waals surface area contributed by atoms with Gasteiger partial charge in [-0.05, 0) is 70.1 Å². The first-order chi connectivity index (χ1) is 19.9. The second kappa shape index (κ2) is 9.62. The molecule has 6 heterocycles. The van der Waals surface area contributed by atoms with Gasteiger partial charge < -0.3 is 19.9 Å². The third-order valence-corrected chi connectivity index (χ3v) is 9.98. The fourth-order valence-electron chi connectivity index (χ4n) is 7.13. The molecule has 4 aliphatic rings. The predicted molar refractivity (Wildman–Crippen MR) is 168 cm³/mol. The van der Waals surface area contributed by atoms with Crippen LogP contribution in [0.3, 0.4) is 0 Å². The number of hydrogen-bond donors (Lipinski definition) is 1. The van der Waals surface area contributed by atoms with E-state index in [1.807, 2.05) is 18.3 Å². The number of nitrogens with one attached hydrogen (secondary N) is 1. The number of hydrogen-bond acceptors (Lipinski definition) is 10. The molecule has 2 bridgehead atoms. The summed E-state index contributed by atoms with van der Waals surface area (Å²) in [7, 11) is -0.125. The molecule has 10 nitrogen and oxygen atoms in total. The molecule has 0 spiro atoms. The van der Waals surface area contributed by atoms with Crippen LogP contribution in [-0.2, 0) is 19.9 Å². The Kier molecular flexibility index (Phi) is 6.31. The average Bonchev–Trinajstić information content (AvgIpc) is 3.57. The van der Waals surface area contributed by atoms with Gasteiger partial charge in [-0.25, -0.2) is 14.2 Å². The first-order valence-corrected chi connectivity index (χ1v) is 17.0. The Labute approximate surface area is 248 Å². The minimum absolute atomic E-state index is 0.0604. The lowest BCUT2D eigenvalue weighted by Crippen LogP contribution is -2.54. The van der Waals surface area contributed by atoms with Gasteiger partial charge >= 0.3 is 0 Å². The standard InChI is InChI=1S/C31H40N8O2S/c1-30(2)15-25-31(3,19-41-30)24-16-32-29(35-28(24)39(25)27-9-7-8-26(34-27)36-42(5,6)40)33-20-10-12-21(13-11-20)38-18-22-14-23(38)17-37(22)4/h7-13,16,22-23,25H,14-15,17-19H2,1-6H3,(H,32,33,35)/t22-,23+,25-,31-/m1/s1. The lowest BCUT2D eigenvalue weighted by Gasteiger charge is -2.46. The Morgan fingerprint density at radius 2 is 1.83 bits per heavy atom. The molecule has 4 atom stereocenters. The van der Waals surface area contributed by atoms with E-state index in [1.165, 1.54) is 12.1 Å². The van der Waals surface area contributed by atoms with Crippen LogP contribution in [0.15, 0.2) is 53.0 Å². The highest BCUT2D eigenvalue weighted by atomic mass is 32.2. The van der Waals surface area contributed by atoms with E-state index in [2.05, 4.69) is 76.5 Å². The smallest absolute Gasteiger partial charge is 0.229 e. The van der Waals surface area contributed by atoms with Crippen LogP contribution in [0.4, 0.5) is 34.8 Å². The van der Waals surface area contributed by atoms with Crippen molar-refractivity contribution in [2.24, 2.45) is 4.36 Å². The second-order valence-corrected chi connectivity index (χ2v) is 16.0. The molecule has 1 N–H and O–H groups in total. The highest BCUT2D eigenvalue weighted by molar-refractivity contribution is 7.92. The number of fused-ring (bicyclic) bond motifs is 5. The highest BCUT2D eigenvalue weighted by Crippen LogP contribution is 2.53. The normalized spacial score (nSPS) is 28.1. The minimum Gasteiger partial charge on any atom is -0.374 e. The molecule has 4 aliphatic heterocycles. The molecular weight excluding hydrogens is 548 g/mol. The number of anilines is 5. The van der Waals surface area contributed by atoms with Crippen LogP contribution in [0.2, 0.25) is 0 Å². The Balaban J connectivity index is 1.21. The molecule has 2 aromatic heterocycles. The third-order valence-electron chi connectivity index (χ3n) is 9.36. The van der Waals surface area contributed by atoms with Crippen molar-refractivity contribution < 1.29 is 8.95 Å². The Bertz CT molecular complexity index is 1640. The Morgan fingerprint density at radius 1 is 1.05 bits per heavy atom. The number of benzene rings is 1. The van der Waals surface area contributed by atoms with Crippen molar-refractivity contribution in [1.29, 1.82) is 0 Å². The third kappa shape index (κ3) is 4.81. The molecule has 0 unspecified atom stereocenters. The minimum atomic E-state index is -2.35. The summed E-state index contributed by atoms with van der Waals surface area (Å²) in [6.45, 7) is 9.26. The Hall–Kier alpha value is -3.28. The maximum atomic E-state index is 12.4. The summed E-state index contributed by atoms with van der Waals surface area (Å²) in [5.74, 6) is 2.52. The van der Waals surface area contributed by atoms with Gasteiger partial charge in [0.15, 0.2) is 5.82 Å². The van der Waals surface area contributed by atoms with Gasteiger partial charge in [-0.3, -0.25) is 4.90 Å². The quantitative estimate of drug-likeness (QED) is 0.449. The lowest BCUT2D eigenvalue weighted by molar-refractivity contribution is -0.0893. The summed E-state index contributed by atoms with van der Waals surface area (Å²) in [6.07, 6.45) is 7.22. The zero-order valence-corrected chi connectivity index (χ0v) is 26.1. The molecule has 11 heteroatoms. The van der Waals surface area contributed by atoms with Gasteiger partial charge in [0, 0.05) is 76.0 Å². The number of likely N-dealkylation sites (tertiary alicyclic amines) is 1. The van der Waals surface area contributed by atoms with Crippen LogP contribution in [0, 0.1) is 0 Å². The van der Waals surface area contributed by atoms with Crippen molar-refractivity contribution >= 4 is 44.5 Å². The zero-order chi connectivity index (χ0) is 29.4. The van der Waals surface area contributed by atoms with Crippen LogP contribution in [-0.4, -0.2) is 87.0 Å². The molecule has 222 valence electrons. The number of likely N-dealkylation sites (N-methyl/N-ethyl adjacent to an activating group) is 1. The van der Waals surface area contributed by atoms with Gasteiger partial charge in [-0.2, -0.15) is 9.35 Å². The molecule has 0 amide bonds. The number of nitrogens with zero attached hydrogens (tertiary/aromatic N) is 7. The number of aromatic nitrogens is 3. The average molecular weight is 589 g/mol. The largest absolute Gasteiger partial charge is 0.374 e. The summed E-state index contributed by atoms with van der Waals surface area (Å²) in [4.78, 5) is 21.9. The first-order valence-electron chi connectivity index (χ1n) is 14.7. The molecule has 7 rings (SSSR count). The van der Waals surface area contributed by atoms with Gasteiger partial charge in [0.05, 0.1) is 18.2 Å². The van der Waals surface area contributed by atoms with Crippen LogP contribution in [0.5, 0.6) is 0 Å². The number of piperazine rings is 1. The van der Waals surface area contributed by atoms with Gasteiger partial charge in [-0.15, -0.1) is 0 Å². The molecule has 0 radical (unpaired) electrons. The van der Waals surface area contributed by atoms with Gasteiger partial charge in [-0.1, -0.05) is 13.0 Å². The van der Waals surface area contributed by atoms with Crippen LogP contribution in [0.25, 0.3) is 0 Å². The summed E-state index contributed by atoms with van der Waals surface area (Å²) in [5, 5.41) is 3.43. The number of rotatable bonds is 5. The van der Waals surface area contributed by atoms with Crippen molar-refractivity contribution in [1.82, 2.24) is 19.9 Å².